The lowest BCUT2D eigenvalue weighted by Gasteiger charge is -2.44. The fourth-order valence-electron chi connectivity index (χ4n) is 3.62. The molecule has 1 aromatic rings. The molecule has 3 nitrogen and oxygen atoms in total. The number of hydrogen-bond donors (Lipinski definition) is 1. The maximum atomic E-state index is 5.86. The highest BCUT2D eigenvalue weighted by atomic mass is 32.1. The van der Waals surface area contributed by atoms with Crippen LogP contribution in [-0.4, -0.2) is 17.5 Å². The quantitative estimate of drug-likeness (QED) is 0.844. The largest absolute Gasteiger partial charge is 0.383 e. The van der Waals surface area contributed by atoms with Gasteiger partial charge in [-0.25, -0.2) is 0 Å². The fourth-order valence-corrected chi connectivity index (χ4v) is 4.48. The molecule has 0 aromatic carbocycles. The fraction of sp³-hybridized carbons (Fsp3) is 0.786. The summed E-state index contributed by atoms with van der Waals surface area (Å²) in [6, 6.07) is 0. The highest BCUT2D eigenvalue weighted by molar-refractivity contribution is 7.10. The van der Waals surface area contributed by atoms with Gasteiger partial charge < -0.3 is 10.6 Å². The normalized spacial score (nSPS) is 23.5. The Labute approximate surface area is 114 Å². The van der Waals surface area contributed by atoms with Crippen molar-refractivity contribution in [3.63, 3.8) is 0 Å². The van der Waals surface area contributed by atoms with E-state index in [0.717, 1.165) is 0 Å². The van der Waals surface area contributed by atoms with Gasteiger partial charge in [0.25, 0.3) is 0 Å². The Balaban J connectivity index is 1.68. The van der Waals surface area contributed by atoms with Crippen molar-refractivity contribution in [2.45, 2.75) is 51.9 Å². The van der Waals surface area contributed by atoms with E-state index in [1.54, 1.807) is 11.5 Å². The topological polar surface area (TPSA) is 42.1 Å². The predicted octanol–water partition coefficient (Wildman–Crippen LogP) is 3.58. The van der Waals surface area contributed by atoms with Gasteiger partial charge in [-0.2, -0.15) is 4.37 Å². The second-order valence-corrected chi connectivity index (χ2v) is 6.80. The third kappa shape index (κ3) is 2.11. The molecular formula is C14H23N3S. The minimum atomic E-state index is 0.679. The van der Waals surface area contributed by atoms with Crippen LogP contribution in [0.4, 0.5) is 10.8 Å². The van der Waals surface area contributed by atoms with Gasteiger partial charge in [-0.05, 0) is 49.6 Å². The SMILES string of the molecule is Cc1c(N)nsc1N1CCC2(CCCCC2)CC1. The van der Waals surface area contributed by atoms with Crippen molar-refractivity contribution in [3.8, 4) is 0 Å². The standard InChI is InChI=1S/C14H23N3S/c1-11-12(15)16-18-13(11)17-9-7-14(8-10-17)5-3-2-4-6-14/h2-10H2,1H3,(H2,15,16). The summed E-state index contributed by atoms with van der Waals surface area (Å²) < 4.78 is 4.27. The Bertz CT molecular complexity index is 411. The highest BCUT2D eigenvalue weighted by Gasteiger charge is 2.36. The van der Waals surface area contributed by atoms with Gasteiger partial charge in [-0.15, -0.1) is 0 Å². The van der Waals surface area contributed by atoms with E-state index >= 15 is 0 Å². The molecule has 1 aliphatic carbocycles. The van der Waals surface area contributed by atoms with Crippen molar-refractivity contribution >= 4 is 22.4 Å². The van der Waals surface area contributed by atoms with Gasteiger partial charge in [0, 0.05) is 18.7 Å². The van der Waals surface area contributed by atoms with Gasteiger partial charge in [0.05, 0.1) is 0 Å². The van der Waals surface area contributed by atoms with Crippen LogP contribution < -0.4 is 10.6 Å². The van der Waals surface area contributed by atoms with Crippen LogP contribution in [-0.2, 0) is 0 Å². The minimum Gasteiger partial charge on any atom is -0.383 e. The molecular weight excluding hydrogens is 242 g/mol. The van der Waals surface area contributed by atoms with Gasteiger partial charge in [-0.3, -0.25) is 0 Å². The number of aromatic nitrogens is 1. The van der Waals surface area contributed by atoms with Crippen molar-refractivity contribution in [1.82, 2.24) is 4.37 Å². The molecule has 0 unspecified atom stereocenters. The summed E-state index contributed by atoms with van der Waals surface area (Å²) in [7, 11) is 0. The van der Waals surface area contributed by atoms with Crippen molar-refractivity contribution < 1.29 is 0 Å². The zero-order valence-corrected chi connectivity index (χ0v) is 12.1. The molecule has 18 heavy (non-hydrogen) atoms. The zero-order valence-electron chi connectivity index (χ0n) is 11.2. The summed E-state index contributed by atoms with van der Waals surface area (Å²) in [4.78, 5) is 2.50. The average Bonchev–Trinajstić information content (AvgIpc) is 2.73. The first-order valence-electron chi connectivity index (χ1n) is 7.17. The van der Waals surface area contributed by atoms with E-state index in [9.17, 15) is 0 Å². The monoisotopic (exact) mass is 265 g/mol. The first-order valence-corrected chi connectivity index (χ1v) is 7.94. The van der Waals surface area contributed by atoms with Crippen LogP contribution in [0.25, 0.3) is 0 Å². The number of rotatable bonds is 1. The molecule has 100 valence electrons. The van der Waals surface area contributed by atoms with E-state index in [1.807, 2.05) is 0 Å². The lowest BCUT2D eigenvalue weighted by atomic mass is 9.68. The molecule has 2 N–H and O–H groups in total. The molecule has 1 aliphatic heterocycles. The maximum Gasteiger partial charge on any atom is 0.142 e. The second kappa shape index (κ2) is 4.72. The molecule has 3 rings (SSSR count). The molecule has 1 spiro atoms. The van der Waals surface area contributed by atoms with Gasteiger partial charge in [0.15, 0.2) is 0 Å². The van der Waals surface area contributed by atoms with Gasteiger partial charge in [-0.1, -0.05) is 19.3 Å². The Hall–Kier alpha value is -0.770. The number of piperidine rings is 1. The molecule has 2 fully saturated rings. The Kier molecular flexibility index (Phi) is 3.22. The summed E-state index contributed by atoms with van der Waals surface area (Å²) in [6.07, 6.45) is 10.0. The summed E-state index contributed by atoms with van der Waals surface area (Å²) in [5, 5.41) is 1.30. The van der Waals surface area contributed by atoms with E-state index < -0.39 is 0 Å². The van der Waals surface area contributed by atoms with Crippen molar-refractivity contribution in [1.29, 1.82) is 0 Å². The van der Waals surface area contributed by atoms with E-state index in [4.69, 9.17) is 5.73 Å². The number of nitrogens with two attached hydrogens (primary N) is 1. The third-order valence-corrected chi connectivity index (χ3v) is 5.99. The molecule has 1 saturated carbocycles. The summed E-state index contributed by atoms with van der Waals surface area (Å²) in [6.45, 7) is 4.49. The molecule has 1 aromatic heterocycles. The van der Waals surface area contributed by atoms with E-state index in [-0.39, 0.29) is 0 Å². The summed E-state index contributed by atoms with van der Waals surface area (Å²) in [5.41, 5.74) is 7.72. The molecule has 1 saturated heterocycles. The number of nitrogen functional groups attached to an aromatic ring is 1. The minimum absolute atomic E-state index is 0.679. The lowest BCUT2D eigenvalue weighted by molar-refractivity contribution is 0.144. The Morgan fingerprint density at radius 1 is 1.11 bits per heavy atom. The average molecular weight is 265 g/mol. The molecule has 2 heterocycles. The van der Waals surface area contributed by atoms with Gasteiger partial charge in [0.2, 0.25) is 0 Å². The number of hydrogen-bond acceptors (Lipinski definition) is 4. The Morgan fingerprint density at radius 3 is 2.33 bits per heavy atom. The molecule has 4 heteroatoms. The molecule has 0 radical (unpaired) electrons. The highest BCUT2D eigenvalue weighted by Crippen LogP contribution is 2.46. The molecule has 0 atom stereocenters. The predicted molar refractivity (Wildman–Crippen MR) is 78.2 cm³/mol. The van der Waals surface area contributed by atoms with Crippen LogP contribution in [0.2, 0.25) is 0 Å². The Morgan fingerprint density at radius 2 is 1.78 bits per heavy atom. The van der Waals surface area contributed by atoms with Crippen LogP contribution in [0.1, 0.15) is 50.5 Å². The van der Waals surface area contributed by atoms with Crippen molar-refractivity contribution in [3.05, 3.63) is 5.56 Å². The molecule has 0 bridgehead atoms. The number of anilines is 2. The van der Waals surface area contributed by atoms with Gasteiger partial charge >= 0.3 is 0 Å². The first kappa shape index (κ1) is 12.3. The van der Waals surface area contributed by atoms with Crippen LogP contribution in [0, 0.1) is 12.3 Å². The van der Waals surface area contributed by atoms with E-state index in [1.165, 1.54) is 68.6 Å². The molecule has 2 aliphatic rings. The van der Waals surface area contributed by atoms with Crippen LogP contribution in [0.5, 0.6) is 0 Å². The second-order valence-electron chi connectivity index (χ2n) is 6.05. The van der Waals surface area contributed by atoms with E-state index in [2.05, 4.69) is 16.2 Å². The third-order valence-electron chi connectivity index (χ3n) is 4.96. The van der Waals surface area contributed by atoms with E-state index in [0.29, 0.717) is 11.2 Å². The van der Waals surface area contributed by atoms with Gasteiger partial charge in [0.1, 0.15) is 10.8 Å². The smallest absolute Gasteiger partial charge is 0.142 e. The first-order chi connectivity index (χ1) is 8.70. The summed E-state index contributed by atoms with van der Waals surface area (Å²) >= 11 is 1.57. The lowest BCUT2D eigenvalue weighted by Crippen LogP contribution is -2.41. The van der Waals surface area contributed by atoms with Crippen molar-refractivity contribution in [2.75, 3.05) is 23.7 Å². The van der Waals surface area contributed by atoms with Crippen LogP contribution in [0.15, 0.2) is 0 Å². The van der Waals surface area contributed by atoms with Crippen molar-refractivity contribution in [2.24, 2.45) is 5.41 Å². The van der Waals surface area contributed by atoms with Crippen LogP contribution in [0.3, 0.4) is 0 Å². The molecule has 0 amide bonds. The summed E-state index contributed by atoms with van der Waals surface area (Å²) in [5.74, 6) is 0.716. The maximum absolute atomic E-state index is 5.86. The zero-order chi connectivity index (χ0) is 12.6. The number of nitrogens with zero attached hydrogens (tertiary/aromatic N) is 2. The van der Waals surface area contributed by atoms with Crippen LogP contribution >= 0.6 is 11.5 Å².